The number of methoxy groups -OCH3 is 1. The zero-order valence-electron chi connectivity index (χ0n) is 10.0. The van der Waals surface area contributed by atoms with Crippen molar-refractivity contribution in [3.05, 3.63) is 22.4 Å². The average Bonchev–Trinajstić information content (AvgIpc) is 2.79. The summed E-state index contributed by atoms with van der Waals surface area (Å²) in [4.78, 5) is 12.8. The van der Waals surface area contributed by atoms with Gasteiger partial charge in [0, 0.05) is 17.5 Å². The zero-order valence-corrected chi connectivity index (χ0v) is 10.8. The predicted molar refractivity (Wildman–Crippen MR) is 66.4 cm³/mol. The molecule has 0 aliphatic rings. The molecule has 0 bridgehead atoms. The van der Waals surface area contributed by atoms with E-state index < -0.39 is 0 Å². The van der Waals surface area contributed by atoms with Crippen molar-refractivity contribution in [3.8, 4) is 0 Å². The Morgan fingerprint density at radius 1 is 1.62 bits per heavy atom. The minimum atomic E-state index is -0.131. The molecule has 0 aliphatic heterocycles. The fourth-order valence-electron chi connectivity index (χ4n) is 1.69. The number of nitrogens with one attached hydrogen (secondary N) is 1. The molecule has 3 nitrogen and oxygen atoms in total. The molecule has 0 fully saturated rings. The second-order valence-corrected chi connectivity index (χ2v) is 4.82. The van der Waals surface area contributed by atoms with E-state index in [1.165, 1.54) is 12.0 Å². The Labute approximate surface area is 101 Å². The second kappa shape index (κ2) is 6.66. The largest absolute Gasteiger partial charge is 0.469 e. The first-order valence-corrected chi connectivity index (χ1v) is 6.40. The van der Waals surface area contributed by atoms with Gasteiger partial charge in [0.25, 0.3) is 0 Å². The van der Waals surface area contributed by atoms with Crippen molar-refractivity contribution in [3.63, 3.8) is 0 Å². The highest BCUT2D eigenvalue weighted by Gasteiger charge is 2.23. The average molecular weight is 241 g/mol. The lowest BCUT2D eigenvalue weighted by Crippen LogP contribution is -2.37. The maximum absolute atomic E-state index is 11.5. The van der Waals surface area contributed by atoms with Crippen molar-refractivity contribution < 1.29 is 9.53 Å². The molecule has 0 spiro atoms. The lowest BCUT2D eigenvalue weighted by Gasteiger charge is -2.21. The van der Waals surface area contributed by atoms with Gasteiger partial charge in [-0.05, 0) is 24.8 Å². The van der Waals surface area contributed by atoms with Crippen molar-refractivity contribution in [2.45, 2.75) is 32.9 Å². The molecule has 1 rings (SSSR count). The first-order chi connectivity index (χ1) is 7.69. The van der Waals surface area contributed by atoms with Gasteiger partial charge in [-0.25, -0.2) is 0 Å². The molecule has 90 valence electrons. The maximum Gasteiger partial charge on any atom is 0.310 e. The minimum absolute atomic E-state index is 0.0648. The van der Waals surface area contributed by atoms with E-state index in [9.17, 15) is 4.79 Å². The Hall–Kier alpha value is -0.870. The Bertz CT molecular complexity index is 311. The molecule has 2 atom stereocenters. The fraction of sp³-hybridized carbons (Fsp3) is 0.583. The van der Waals surface area contributed by atoms with Crippen LogP contribution in [0.4, 0.5) is 0 Å². The lowest BCUT2D eigenvalue weighted by molar-refractivity contribution is -0.146. The Morgan fingerprint density at radius 2 is 2.38 bits per heavy atom. The third-order valence-corrected chi connectivity index (χ3v) is 3.60. The van der Waals surface area contributed by atoms with Crippen LogP contribution in [-0.4, -0.2) is 19.1 Å². The van der Waals surface area contributed by atoms with Gasteiger partial charge in [-0.1, -0.05) is 13.0 Å². The Morgan fingerprint density at radius 3 is 2.88 bits per heavy atom. The van der Waals surface area contributed by atoms with Gasteiger partial charge < -0.3 is 10.1 Å². The van der Waals surface area contributed by atoms with Crippen LogP contribution in [0, 0.1) is 5.92 Å². The van der Waals surface area contributed by atoms with Gasteiger partial charge >= 0.3 is 5.97 Å². The molecule has 2 unspecified atom stereocenters. The maximum atomic E-state index is 11.5. The first-order valence-electron chi connectivity index (χ1n) is 5.52. The van der Waals surface area contributed by atoms with E-state index in [1.54, 1.807) is 11.3 Å². The van der Waals surface area contributed by atoms with Crippen molar-refractivity contribution >= 4 is 17.3 Å². The molecule has 16 heavy (non-hydrogen) atoms. The van der Waals surface area contributed by atoms with E-state index in [1.807, 2.05) is 19.9 Å². The molecule has 0 radical (unpaired) electrons. The summed E-state index contributed by atoms with van der Waals surface area (Å²) in [7, 11) is 1.44. The van der Waals surface area contributed by atoms with Gasteiger partial charge in [-0.2, -0.15) is 0 Å². The zero-order chi connectivity index (χ0) is 12.0. The summed E-state index contributed by atoms with van der Waals surface area (Å²) in [6.45, 7) is 4.84. The molecule has 0 saturated carbocycles. The number of carbonyl (C=O) groups excluding carboxylic acids is 1. The molecule has 1 aromatic heterocycles. The Kier molecular flexibility index (Phi) is 5.49. The summed E-state index contributed by atoms with van der Waals surface area (Å²) in [5.41, 5.74) is 0. The van der Waals surface area contributed by atoms with E-state index >= 15 is 0 Å². The van der Waals surface area contributed by atoms with Crippen LogP contribution < -0.4 is 5.32 Å². The van der Waals surface area contributed by atoms with Crippen LogP contribution >= 0.6 is 11.3 Å². The quantitative estimate of drug-likeness (QED) is 0.777. The van der Waals surface area contributed by atoms with Gasteiger partial charge in [0.15, 0.2) is 0 Å². The third kappa shape index (κ3) is 3.61. The van der Waals surface area contributed by atoms with Gasteiger partial charge in [-0.3, -0.25) is 4.79 Å². The summed E-state index contributed by atoms with van der Waals surface area (Å²) >= 11 is 1.72. The SMILES string of the molecule is CCC(C(=O)OC)C(C)NCc1cccs1. The highest BCUT2D eigenvalue weighted by atomic mass is 32.1. The lowest BCUT2D eigenvalue weighted by atomic mass is 9.98. The molecule has 1 aromatic rings. The monoisotopic (exact) mass is 241 g/mol. The van der Waals surface area contributed by atoms with Crippen LogP contribution in [0.2, 0.25) is 0 Å². The van der Waals surface area contributed by atoms with E-state index in [0.717, 1.165) is 13.0 Å². The van der Waals surface area contributed by atoms with Crippen LogP contribution in [0.1, 0.15) is 25.1 Å². The molecule has 0 saturated heterocycles. The predicted octanol–water partition coefficient (Wildman–Crippen LogP) is 2.43. The fourth-order valence-corrected chi connectivity index (χ4v) is 2.35. The molecule has 0 amide bonds. The van der Waals surface area contributed by atoms with Crippen LogP contribution in [-0.2, 0) is 16.1 Å². The standard InChI is InChI=1S/C12H19NO2S/c1-4-11(12(14)15-3)9(2)13-8-10-6-5-7-16-10/h5-7,9,11,13H,4,8H2,1-3H3. The summed E-state index contributed by atoms with van der Waals surface area (Å²) in [6.07, 6.45) is 0.797. The first kappa shape index (κ1) is 13.2. The van der Waals surface area contributed by atoms with Gasteiger partial charge in [0.1, 0.15) is 0 Å². The van der Waals surface area contributed by atoms with Gasteiger partial charge in [0.2, 0.25) is 0 Å². The number of hydrogen-bond acceptors (Lipinski definition) is 4. The van der Waals surface area contributed by atoms with Crippen molar-refractivity contribution in [1.29, 1.82) is 0 Å². The van der Waals surface area contributed by atoms with Gasteiger partial charge in [0.05, 0.1) is 13.0 Å². The van der Waals surface area contributed by atoms with Crippen LogP contribution in [0.5, 0.6) is 0 Å². The molecule has 1 N–H and O–H groups in total. The van der Waals surface area contributed by atoms with Crippen molar-refractivity contribution in [2.75, 3.05) is 7.11 Å². The molecule has 1 heterocycles. The molecule has 0 aliphatic carbocycles. The van der Waals surface area contributed by atoms with Crippen LogP contribution in [0.25, 0.3) is 0 Å². The number of esters is 1. The highest BCUT2D eigenvalue weighted by Crippen LogP contribution is 2.13. The van der Waals surface area contributed by atoms with E-state index in [0.29, 0.717) is 0 Å². The molecule has 0 aromatic carbocycles. The third-order valence-electron chi connectivity index (χ3n) is 2.73. The summed E-state index contributed by atoms with van der Waals surface area (Å²) in [6, 6.07) is 4.26. The van der Waals surface area contributed by atoms with E-state index in [-0.39, 0.29) is 17.9 Å². The number of ether oxygens (including phenoxy) is 1. The summed E-state index contributed by atoms with van der Waals surface area (Å²) in [5.74, 6) is -0.196. The number of rotatable bonds is 6. The number of carbonyl (C=O) groups is 1. The molecular formula is C12H19NO2S. The molecule has 4 heteroatoms. The van der Waals surface area contributed by atoms with E-state index in [4.69, 9.17) is 4.74 Å². The topological polar surface area (TPSA) is 38.3 Å². The smallest absolute Gasteiger partial charge is 0.310 e. The molecular weight excluding hydrogens is 222 g/mol. The van der Waals surface area contributed by atoms with Crippen LogP contribution in [0.3, 0.4) is 0 Å². The summed E-state index contributed by atoms with van der Waals surface area (Å²) < 4.78 is 4.79. The summed E-state index contributed by atoms with van der Waals surface area (Å²) in [5, 5.41) is 5.42. The second-order valence-electron chi connectivity index (χ2n) is 3.79. The Balaban J connectivity index is 2.43. The van der Waals surface area contributed by atoms with Crippen LogP contribution in [0.15, 0.2) is 17.5 Å². The minimum Gasteiger partial charge on any atom is -0.469 e. The normalized spacial score (nSPS) is 14.4. The number of hydrogen-bond donors (Lipinski definition) is 1. The number of thiophene rings is 1. The van der Waals surface area contributed by atoms with Crippen molar-refractivity contribution in [1.82, 2.24) is 5.32 Å². The highest BCUT2D eigenvalue weighted by molar-refractivity contribution is 7.09. The van der Waals surface area contributed by atoms with Crippen molar-refractivity contribution in [2.24, 2.45) is 5.92 Å². The van der Waals surface area contributed by atoms with E-state index in [2.05, 4.69) is 16.8 Å². The van der Waals surface area contributed by atoms with Gasteiger partial charge in [-0.15, -0.1) is 11.3 Å².